The highest BCUT2D eigenvalue weighted by molar-refractivity contribution is 7.13. The summed E-state index contributed by atoms with van der Waals surface area (Å²) in [6, 6.07) is -0.680. The third-order valence-corrected chi connectivity index (χ3v) is 10.4. The third-order valence-electron chi connectivity index (χ3n) is 9.67. The van der Waals surface area contributed by atoms with E-state index in [-0.39, 0.29) is 37.8 Å². The Bertz CT molecular complexity index is 1100. The summed E-state index contributed by atoms with van der Waals surface area (Å²) in [5, 5.41) is 38.8. The van der Waals surface area contributed by atoms with Crippen molar-refractivity contribution >= 4 is 34.2 Å². The normalized spacial score (nSPS) is 19.9. The molecule has 1 heterocycles. The van der Waals surface area contributed by atoms with Gasteiger partial charge in [-0.15, -0.1) is 11.3 Å². The fourth-order valence-corrected chi connectivity index (χ4v) is 7.54. The molecule has 12 heteroatoms. The number of rotatable bonds is 16. The molecule has 0 aliphatic heterocycles. The molecular formula is C34H59N5O6S. The first-order valence-corrected chi connectivity index (χ1v) is 18.2. The largest absolute Gasteiger partial charge is 0.390 e. The molecule has 46 heavy (non-hydrogen) atoms. The molecule has 3 amide bonds. The van der Waals surface area contributed by atoms with Crippen molar-refractivity contribution in [2.45, 2.75) is 134 Å². The zero-order valence-corrected chi connectivity index (χ0v) is 29.3. The van der Waals surface area contributed by atoms with E-state index in [1.165, 1.54) is 27.6 Å². The number of nitrogens with two attached hydrogens (primary N) is 1. The minimum atomic E-state index is -1.15. The number of hydrogen-bond donors (Lipinski definition) is 5. The number of nitrogen functional groups attached to an aromatic ring is 1. The number of aliphatic hydroxyl groups is 3. The number of aromatic nitrogens is 1. The van der Waals surface area contributed by atoms with Crippen LogP contribution in [-0.2, 0) is 20.8 Å². The van der Waals surface area contributed by atoms with Crippen molar-refractivity contribution in [1.29, 1.82) is 0 Å². The van der Waals surface area contributed by atoms with Gasteiger partial charge in [0, 0.05) is 38.9 Å². The van der Waals surface area contributed by atoms with Crippen LogP contribution in [0.3, 0.4) is 0 Å². The van der Waals surface area contributed by atoms with Crippen LogP contribution in [0.4, 0.5) is 5.13 Å². The second-order valence-corrected chi connectivity index (χ2v) is 15.4. The van der Waals surface area contributed by atoms with Crippen molar-refractivity contribution in [2.24, 2.45) is 17.8 Å². The fraction of sp³-hybridized carbons (Fsp3) is 0.824. The maximum atomic E-state index is 14.1. The zero-order valence-electron chi connectivity index (χ0n) is 28.5. The summed E-state index contributed by atoms with van der Waals surface area (Å²) in [6.07, 6.45) is 8.97. The summed E-state index contributed by atoms with van der Waals surface area (Å²) in [5.74, 6) is -1.46. The van der Waals surface area contributed by atoms with Crippen LogP contribution in [0.25, 0.3) is 0 Å². The Morgan fingerprint density at radius 1 is 1.04 bits per heavy atom. The zero-order chi connectivity index (χ0) is 33.9. The third kappa shape index (κ3) is 12.4. The number of carbonyl (C=O) groups excluding carboxylic acids is 3. The van der Waals surface area contributed by atoms with Gasteiger partial charge in [0.25, 0.3) is 0 Å². The molecule has 2 aliphatic rings. The summed E-state index contributed by atoms with van der Waals surface area (Å²) in [4.78, 5) is 48.1. The van der Waals surface area contributed by atoms with Gasteiger partial charge in [-0.1, -0.05) is 71.6 Å². The molecule has 1 aromatic rings. The van der Waals surface area contributed by atoms with Crippen molar-refractivity contribution in [1.82, 2.24) is 20.1 Å². The molecule has 0 radical (unpaired) electrons. The number of likely N-dealkylation sites (N-methyl/N-ethyl adjacent to an activating group) is 1. The monoisotopic (exact) mass is 665 g/mol. The average molecular weight is 666 g/mol. The van der Waals surface area contributed by atoms with Gasteiger partial charge in [0.2, 0.25) is 17.7 Å². The summed E-state index contributed by atoms with van der Waals surface area (Å²) in [5.41, 5.74) is 5.38. The van der Waals surface area contributed by atoms with Crippen molar-refractivity contribution in [3.8, 4) is 0 Å². The Kier molecular flexibility index (Phi) is 15.2. The van der Waals surface area contributed by atoms with Gasteiger partial charge in [-0.05, 0) is 37.5 Å². The van der Waals surface area contributed by atoms with Crippen LogP contribution in [0.2, 0.25) is 0 Å². The molecule has 4 atom stereocenters. The Morgan fingerprint density at radius 3 is 2.24 bits per heavy atom. The first-order valence-electron chi connectivity index (χ1n) is 17.3. The lowest BCUT2D eigenvalue weighted by Gasteiger charge is -2.35. The number of anilines is 1. The summed E-state index contributed by atoms with van der Waals surface area (Å²) in [7, 11) is 3.25. The lowest BCUT2D eigenvalue weighted by Crippen LogP contribution is -2.52. The molecule has 1 aromatic heterocycles. The minimum absolute atomic E-state index is 0.0216. The Balaban J connectivity index is 1.86. The molecule has 11 nitrogen and oxygen atoms in total. The number of nitrogens with one attached hydrogen (secondary N) is 1. The summed E-state index contributed by atoms with van der Waals surface area (Å²) >= 11 is 1.25. The van der Waals surface area contributed by atoms with E-state index >= 15 is 0 Å². The van der Waals surface area contributed by atoms with Crippen molar-refractivity contribution < 1.29 is 29.7 Å². The van der Waals surface area contributed by atoms with Crippen LogP contribution in [0, 0.1) is 17.8 Å². The van der Waals surface area contributed by atoms with Gasteiger partial charge in [-0.3, -0.25) is 14.4 Å². The maximum absolute atomic E-state index is 14.1. The van der Waals surface area contributed by atoms with E-state index in [0.29, 0.717) is 42.4 Å². The molecule has 6 N–H and O–H groups in total. The van der Waals surface area contributed by atoms with Gasteiger partial charge >= 0.3 is 0 Å². The molecular weight excluding hydrogens is 606 g/mol. The SMILES string of the molecule is CC(C)C[C@H](O)[C@H](O)[C@H](CC1CCCCC1)NC(=O)[C@@H](CC(=O)N(CC(=O)N(C)C)CC1(O)CCCCCC1)Cc1csc(N)n1. The van der Waals surface area contributed by atoms with Crippen LogP contribution in [-0.4, -0.2) is 98.9 Å². The van der Waals surface area contributed by atoms with Crippen LogP contribution in [0.1, 0.15) is 109 Å². The Hall–Kier alpha value is -2.28. The standard InChI is InChI=1S/C34H59N5O6S/c1-23(2)16-28(40)31(43)27(17-24-12-8-7-9-13-24)37-32(44)25(18-26-21-46-33(35)36-26)19-29(41)39(20-30(42)38(3)4)22-34(45)14-10-5-6-11-15-34/h21,23-25,27-28,31,40,43,45H,5-20,22H2,1-4H3,(H2,35,36)(H,37,44)/t25-,27+,28+,31-/m1/s1. The number of hydrogen-bond acceptors (Lipinski definition) is 9. The topological polar surface area (TPSA) is 169 Å². The highest BCUT2D eigenvalue weighted by Crippen LogP contribution is 2.31. The van der Waals surface area contributed by atoms with Gasteiger partial charge in [-0.25, -0.2) is 4.98 Å². The molecule has 0 unspecified atom stereocenters. The number of carbonyl (C=O) groups is 3. The molecule has 262 valence electrons. The number of thiazole rings is 1. The molecule has 0 aromatic carbocycles. The molecule has 3 rings (SSSR count). The quantitative estimate of drug-likeness (QED) is 0.167. The Labute approximate surface area is 279 Å². The molecule has 0 spiro atoms. The molecule has 2 saturated carbocycles. The maximum Gasteiger partial charge on any atom is 0.241 e. The lowest BCUT2D eigenvalue weighted by molar-refractivity contribution is -0.144. The number of aliphatic hydroxyl groups excluding tert-OH is 2. The Morgan fingerprint density at radius 2 is 1.67 bits per heavy atom. The van der Waals surface area contributed by atoms with Crippen LogP contribution in [0.15, 0.2) is 5.38 Å². The smallest absolute Gasteiger partial charge is 0.241 e. The highest BCUT2D eigenvalue weighted by atomic mass is 32.1. The molecule has 2 aliphatic carbocycles. The number of amides is 3. The van der Waals surface area contributed by atoms with Crippen molar-refractivity contribution in [3.05, 3.63) is 11.1 Å². The lowest BCUT2D eigenvalue weighted by atomic mass is 9.82. The van der Waals surface area contributed by atoms with E-state index < -0.39 is 41.6 Å². The van der Waals surface area contributed by atoms with Gasteiger partial charge in [0.15, 0.2) is 5.13 Å². The second kappa shape index (κ2) is 18.3. The van der Waals surface area contributed by atoms with Crippen molar-refractivity contribution in [3.63, 3.8) is 0 Å². The predicted molar refractivity (Wildman–Crippen MR) is 181 cm³/mol. The fourth-order valence-electron chi connectivity index (χ4n) is 6.96. The van der Waals surface area contributed by atoms with E-state index in [1.54, 1.807) is 19.5 Å². The first-order chi connectivity index (χ1) is 21.8. The van der Waals surface area contributed by atoms with Gasteiger partial charge in [0.05, 0.1) is 35.9 Å². The van der Waals surface area contributed by atoms with Gasteiger partial charge in [0.1, 0.15) is 6.10 Å². The summed E-state index contributed by atoms with van der Waals surface area (Å²) in [6.45, 7) is 3.78. The van der Waals surface area contributed by atoms with E-state index in [0.717, 1.165) is 51.4 Å². The van der Waals surface area contributed by atoms with E-state index in [2.05, 4.69) is 10.3 Å². The average Bonchev–Trinajstić information content (AvgIpc) is 3.28. The van der Waals surface area contributed by atoms with Crippen LogP contribution >= 0.6 is 11.3 Å². The second-order valence-electron chi connectivity index (χ2n) is 14.5. The number of nitrogens with zero attached hydrogens (tertiary/aromatic N) is 3. The molecule has 2 fully saturated rings. The summed E-state index contributed by atoms with van der Waals surface area (Å²) < 4.78 is 0. The van der Waals surface area contributed by atoms with Gasteiger partial charge in [-0.2, -0.15) is 0 Å². The van der Waals surface area contributed by atoms with E-state index in [4.69, 9.17) is 5.73 Å². The minimum Gasteiger partial charge on any atom is -0.390 e. The van der Waals surface area contributed by atoms with E-state index in [1.807, 2.05) is 13.8 Å². The predicted octanol–water partition coefficient (Wildman–Crippen LogP) is 3.50. The van der Waals surface area contributed by atoms with E-state index in [9.17, 15) is 29.7 Å². The molecule has 0 saturated heterocycles. The highest BCUT2D eigenvalue weighted by Gasteiger charge is 2.37. The van der Waals surface area contributed by atoms with Crippen LogP contribution in [0.5, 0.6) is 0 Å². The first kappa shape index (κ1) is 38.2. The van der Waals surface area contributed by atoms with Gasteiger partial charge < -0.3 is 36.2 Å². The van der Waals surface area contributed by atoms with Crippen molar-refractivity contribution in [2.75, 3.05) is 32.9 Å². The van der Waals surface area contributed by atoms with Crippen LogP contribution < -0.4 is 11.1 Å². The molecule has 0 bridgehead atoms.